The number of hydrogen-bond donors (Lipinski definition) is 2. The fourth-order valence-electron chi connectivity index (χ4n) is 4.12. The molecule has 8 heteroatoms. The number of benzene rings is 1. The first-order valence-electron chi connectivity index (χ1n) is 10.3. The van der Waals surface area contributed by atoms with Crippen LogP contribution in [0.4, 0.5) is 4.79 Å². The first kappa shape index (κ1) is 21.4. The highest BCUT2D eigenvalue weighted by molar-refractivity contribution is 7.89. The van der Waals surface area contributed by atoms with Crippen molar-refractivity contribution in [2.45, 2.75) is 74.8 Å². The highest BCUT2D eigenvalue weighted by atomic mass is 35.5. The van der Waals surface area contributed by atoms with E-state index < -0.39 is 10.0 Å². The molecule has 1 aromatic rings. The van der Waals surface area contributed by atoms with Gasteiger partial charge in [0.2, 0.25) is 10.0 Å². The Morgan fingerprint density at radius 3 is 2.32 bits per heavy atom. The molecule has 6 nitrogen and oxygen atoms in total. The van der Waals surface area contributed by atoms with Crippen LogP contribution in [0, 0.1) is 0 Å². The van der Waals surface area contributed by atoms with E-state index in [2.05, 4.69) is 10.6 Å². The van der Waals surface area contributed by atoms with Gasteiger partial charge in [-0.05, 0) is 49.9 Å². The average Bonchev–Trinajstić information content (AvgIpc) is 3.12. The van der Waals surface area contributed by atoms with Crippen molar-refractivity contribution in [1.82, 2.24) is 14.9 Å². The van der Waals surface area contributed by atoms with Crippen molar-refractivity contribution in [2.24, 2.45) is 0 Å². The number of rotatable bonds is 5. The van der Waals surface area contributed by atoms with E-state index in [0.29, 0.717) is 18.1 Å². The normalized spacial score (nSPS) is 22.4. The molecule has 2 N–H and O–H groups in total. The Morgan fingerprint density at radius 1 is 1.00 bits per heavy atom. The zero-order valence-corrected chi connectivity index (χ0v) is 17.8. The van der Waals surface area contributed by atoms with Crippen LogP contribution in [0.1, 0.15) is 57.8 Å². The van der Waals surface area contributed by atoms with E-state index in [1.165, 1.54) is 35.7 Å². The summed E-state index contributed by atoms with van der Waals surface area (Å²) in [6, 6.07) is 6.03. The number of carbonyl (C=O) groups is 1. The monoisotopic (exact) mass is 427 g/mol. The summed E-state index contributed by atoms with van der Waals surface area (Å²) in [6.45, 7) is 0.799. The third-order valence-electron chi connectivity index (χ3n) is 5.68. The third-order valence-corrected chi connectivity index (χ3v) is 7.90. The molecule has 2 amide bonds. The van der Waals surface area contributed by atoms with E-state index in [9.17, 15) is 13.2 Å². The van der Waals surface area contributed by atoms with Crippen LogP contribution in [0.5, 0.6) is 0 Å². The largest absolute Gasteiger partial charge is 0.337 e. The molecular formula is C20H30ClN3O3S. The molecule has 1 aliphatic carbocycles. The van der Waals surface area contributed by atoms with Crippen molar-refractivity contribution in [3.05, 3.63) is 29.3 Å². The van der Waals surface area contributed by atoms with E-state index in [0.717, 1.165) is 38.5 Å². The Balaban J connectivity index is 1.54. The molecule has 0 radical (unpaired) electrons. The van der Waals surface area contributed by atoms with Gasteiger partial charge in [-0.25, -0.2) is 13.2 Å². The van der Waals surface area contributed by atoms with Crippen LogP contribution >= 0.6 is 11.6 Å². The predicted molar refractivity (Wildman–Crippen MR) is 111 cm³/mol. The summed E-state index contributed by atoms with van der Waals surface area (Å²) >= 11 is 5.87. The topological polar surface area (TPSA) is 78.5 Å². The second kappa shape index (κ2) is 9.94. The van der Waals surface area contributed by atoms with Gasteiger partial charge >= 0.3 is 6.03 Å². The number of hydrogen-bond acceptors (Lipinski definition) is 3. The minimum atomic E-state index is -3.59. The zero-order chi connectivity index (χ0) is 20.0. The molecular weight excluding hydrogens is 398 g/mol. The number of halogens is 1. The van der Waals surface area contributed by atoms with Gasteiger partial charge in [-0.1, -0.05) is 43.7 Å². The maximum atomic E-state index is 12.9. The van der Waals surface area contributed by atoms with Gasteiger partial charge in [-0.15, -0.1) is 0 Å². The SMILES string of the molecule is O=C(NCC1CCCN1S(=O)(=O)c1ccc(Cl)cc1)NC1CCCCCCC1. The molecule has 3 rings (SSSR count). The summed E-state index contributed by atoms with van der Waals surface area (Å²) in [6.07, 6.45) is 9.65. The van der Waals surface area contributed by atoms with E-state index in [1.54, 1.807) is 12.1 Å². The van der Waals surface area contributed by atoms with Gasteiger partial charge in [0.15, 0.2) is 0 Å². The minimum absolute atomic E-state index is 0.193. The summed E-state index contributed by atoms with van der Waals surface area (Å²) < 4.78 is 27.4. The average molecular weight is 428 g/mol. The second-order valence-corrected chi connectivity index (χ2v) is 10.1. The number of nitrogens with zero attached hydrogens (tertiary/aromatic N) is 1. The maximum Gasteiger partial charge on any atom is 0.315 e. The number of nitrogens with one attached hydrogen (secondary N) is 2. The van der Waals surface area contributed by atoms with Crippen molar-refractivity contribution in [3.63, 3.8) is 0 Å². The van der Waals surface area contributed by atoms with Crippen molar-refractivity contribution >= 4 is 27.7 Å². The summed E-state index contributed by atoms with van der Waals surface area (Å²) in [7, 11) is -3.59. The molecule has 2 aliphatic rings. The van der Waals surface area contributed by atoms with Crippen molar-refractivity contribution < 1.29 is 13.2 Å². The number of amides is 2. The lowest BCUT2D eigenvalue weighted by Crippen LogP contribution is -2.48. The molecule has 1 atom stereocenters. The first-order chi connectivity index (χ1) is 13.5. The Morgan fingerprint density at radius 2 is 1.64 bits per heavy atom. The summed E-state index contributed by atoms with van der Waals surface area (Å²) in [4.78, 5) is 12.6. The molecule has 0 bridgehead atoms. The molecule has 0 aromatic heterocycles. The number of sulfonamides is 1. The van der Waals surface area contributed by atoms with E-state index >= 15 is 0 Å². The molecule has 2 fully saturated rings. The lowest BCUT2D eigenvalue weighted by atomic mass is 9.97. The van der Waals surface area contributed by atoms with Gasteiger partial charge in [-0.3, -0.25) is 0 Å². The Labute approximate surface area is 173 Å². The number of carbonyl (C=O) groups excluding carboxylic acids is 1. The van der Waals surface area contributed by atoms with E-state index in [-0.39, 0.29) is 23.0 Å². The fraction of sp³-hybridized carbons (Fsp3) is 0.650. The maximum absolute atomic E-state index is 12.9. The molecule has 1 saturated carbocycles. The lowest BCUT2D eigenvalue weighted by molar-refractivity contribution is 0.231. The van der Waals surface area contributed by atoms with Gasteiger partial charge in [0.1, 0.15) is 0 Å². The van der Waals surface area contributed by atoms with Crippen LogP contribution in [-0.2, 0) is 10.0 Å². The van der Waals surface area contributed by atoms with Crippen LogP contribution in [0.2, 0.25) is 5.02 Å². The van der Waals surface area contributed by atoms with Crippen LogP contribution in [0.15, 0.2) is 29.2 Å². The number of urea groups is 1. The van der Waals surface area contributed by atoms with Crippen LogP contribution in [0.25, 0.3) is 0 Å². The molecule has 1 aliphatic heterocycles. The Hall–Kier alpha value is -1.31. The zero-order valence-electron chi connectivity index (χ0n) is 16.2. The first-order valence-corrected chi connectivity index (χ1v) is 12.1. The molecule has 1 saturated heterocycles. The summed E-state index contributed by atoms with van der Waals surface area (Å²) in [5, 5.41) is 6.47. The van der Waals surface area contributed by atoms with Gasteiger partial charge in [0.05, 0.1) is 4.90 Å². The van der Waals surface area contributed by atoms with Gasteiger partial charge in [-0.2, -0.15) is 4.31 Å². The van der Waals surface area contributed by atoms with Crippen LogP contribution < -0.4 is 10.6 Å². The molecule has 1 heterocycles. The van der Waals surface area contributed by atoms with E-state index in [1.807, 2.05) is 0 Å². The van der Waals surface area contributed by atoms with Gasteiger partial charge in [0.25, 0.3) is 0 Å². The summed E-state index contributed by atoms with van der Waals surface area (Å²) in [5.74, 6) is 0. The van der Waals surface area contributed by atoms with Gasteiger partial charge < -0.3 is 10.6 Å². The quantitative estimate of drug-likeness (QED) is 0.747. The second-order valence-electron chi connectivity index (χ2n) is 7.76. The van der Waals surface area contributed by atoms with Crippen molar-refractivity contribution in [1.29, 1.82) is 0 Å². The molecule has 1 aromatic carbocycles. The smallest absolute Gasteiger partial charge is 0.315 e. The van der Waals surface area contributed by atoms with Crippen LogP contribution in [-0.4, -0.2) is 43.9 Å². The fourth-order valence-corrected chi connectivity index (χ4v) is 5.94. The predicted octanol–water partition coefficient (Wildman–Crippen LogP) is 3.91. The molecule has 28 heavy (non-hydrogen) atoms. The molecule has 156 valence electrons. The van der Waals surface area contributed by atoms with E-state index in [4.69, 9.17) is 11.6 Å². The summed E-state index contributed by atoms with van der Waals surface area (Å²) in [5.41, 5.74) is 0. The standard InChI is InChI=1S/C20H30ClN3O3S/c21-16-10-12-19(13-11-16)28(26,27)24-14-6-9-18(24)15-22-20(25)23-17-7-4-2-1-3-5-8-17/h10-13,17-18H,1-9,14-15H2,(H2,22,23,25). The van der Waals surface area contributed by atoms with Crippen LogP contribution in [0.3, 0.4) is 0 Å². The van der Waals surface area contributed by atoms with Crippen molar-refractivity contribution in [2.75, 3.05) is 13.1 Å². The Kier molecular flexibility index (Phi) is 7.60. The third kappa shape index (κ3) is 5.61. The minimum Gasteiger partial charge on any atom is -0.337 e. The van der Waals surface area contributed by atoms with Crippen molar-refractivity contribution in [3.8, 4) is 0 Å². The Bertz CT molecular complexity index is 746. The van der Waals surface area contributed by atoms with Gasteiger partial charge in [0, 0.05) is 30.2 Å². The highest BCUT2D eigenvalue weighted by Gasteiger charge is 2.35. The molecule has 1 unspecified atom stereocenters. The highest BCUT2D eigenvalue weighted by Crippen LogP contribution is 2.26. The lowest BCUT2D eigenvalue weighted by Gasteiger charge is -2.25. The molecule has 0 spiro atoms.